The van der Waals surface area contributed by atoms with Gasteiger partial charge in [-0.25, -0.2) is 4.79 Å². The van der Waals surface area contributed by atoms with Crippen molar-refractivity contribution in [3.05, 3.63) is 89.2 Å². The van der Waals surface area contributed by atoms with Gasteiger partial charge in [0.2, 0.25) is 0 Å². The van der Waals surface area contributed by atoms with Gasteiger partial charge in [-0.05, 0) is 46.4 Å². The Kier molecular flexibility index (Phi) is 4.97. The molecule has 1 aliphatic heterocycles. The number of hydrogen-bond donors (Lipinski definition) is 1. The fraction of sp³-hybridized carbons (Fsp3) is 0.280. The van der Waals surface area contributed by atoms with Crippen molar-refractivity contribution in [3.8, 4) is 11.1 Å². The van der Waals surface area contributed by atoms with Crippen LogP contribution in [-0.4, -0.2) is 42.2 Å². The Morgan fingerprint density at radius 3 is 2.47 bits per heavy atom. The molecule has 152 valence electrons. The third-order valence-electron chi connectivity index (χ3n) is 6.21. The molecule has 0 spiro atoms. The van der Waals surface area contributed by atoms with E-state index in [1.165, 1.54) is 27.8 Å². The average molecular weight is 399 g/mol. The van der Waals surface area contributed by atoms with Crippen LogP contribution < -0.4 is 5.32 Å². The number of carbonyl (C=O) groups is 1. The highest BCUT2D eigenvalue weighted by Crippen LogP contribution is 2.44. The Labute approximate surface area is 176 Å². The number of benzene rings is 2. The Bertz CT molecular complexity index is 1040. The number of fused-ring (bicyclic) bond motifs is 3. The summed E-state index contributed by atoms with van der Waals surface area (Å²) in [5, 5.41) is 3.51. The zero-order valence-electron chi connectivity index (χ0n) is 17.0. The molecule has 1 unspecified atom stereocenters. The van der Waals surface area contributed by atoms with Gasteiger partial charge in [0.05, 0.1) is 6.04 Å². The Balaban J connectivity index is 1.29. The Morgan fingerprint density at radius 2 is 1.77 bits per heavy atom. The molecule has 3 aromatic rings. The smallest absolute Gasteiger partial charge is 0.409 e. The Morgan fingerprint density at radius 1 is 1.07 bits per heavy atom. The number of nitrogens with one attached hydrogen (secondary N) is 1. The van der Waals surface area contributed by atoms with Crippen molar-refractivity contribution in [1.29, 1.82) is 0 Å². The first-order chi connectivity index (χ1) is 14.7. The van der Waals surface area contributed by atoms with Gasteiger partial charge in [-0.2, -0.15) is 0 Å². The summed E-state index contributed by atoms with van der Waals surface area (Å²) in [4.78, 5) is 18.9. The number of amides is 1. The van der Waals surface area contributed by atoms with Crippen LogP contribution in [0.1, 0.15) is 34.2 Å². The zero-order valence-corrected chi connectivity index (χ0v) is 17.0. The van der Waals surface area contributed by atoms with Crippen LogP contribution in [0.4, 0.5) is 4.79 Å². The first-order valence-electron chi connectivity index (χ1n) is 10.5. The lowest BCUT2D eigenvalue weighted by Crippen LogP contribution is -2.48. The summed E-state index contributed by atoms with van der Waals surface area (Å²) in [5.74, 6) is 0.0857. The van der Waals surface area contributed by atoms with Crippen molar-refractivity contribution in [1.82, 2.24) is 15.2 Å². The topological polar surface area (TPSA) is 54.5 Å². The van der Waals surface area contributed by atoms with Gasteiger partial charge in [-0.15, -0.1) is 0 Å². The fourth-order valence-electron chi connectivity index (χ4n) is 4.68. The number of aryl methyl sites for hydroxylation is 1. The summed E-state index contributed by atoms with van der Waals surface area (Å²) in [7, 11) is 0. The fourth-order valence-corrected chi connectivity index (χ4v) is 4.68. The predicted molar refractivity (Wildman–Crippen MR) is 116 cm³/mol. The molecular formula is C25H25N3O2. The second-order valence-corrected chi connectivity index (χ2v) is 7.99. The van der Waals surface area contributed by atoms with Gasteiger partial charge in [0.25, 0.3) is 0 Å². The first-order valence-corrected chi connectivity index (χ1v) is 10.5. The zero-order chi connectivity index (χ0) is 20.5. The van der Waals surface area contributed by atoms with Gasteiger partial charge in [0.15, 0.2) is 0 Å². The van der Waals surface area contributed by atoms with Gasteiger partial charge in [-0.1, -0.05) is 48.5 Å². The predicted octanol–water partition coefficient (Wildman–Crippen LogP) is 4.29. The summed E-state index contributed by atoms with van der Waals surface area (Å²) < 4.78 is 5.84. The monoisotopic (exact) mass is 399 g/mol. The summed E-state index contributed by atoms with van der Waals surface area (Å²) in [6.07, 6.45) is 3.43. The van der Waals surface area contributed by atoms with E-state index in [1.54, 1.807) is 6.20 Å². The van der Waals surface area contributed by atoms with E-state index in [9.17, 15) is 4.79 Å². The van der Waals surface area contributed by atoms with Crippen LogP contribution in [0.3, 0.4) is 0 Å². The largest absolute Gasteiger partial charge is 0.448 e. The maximum atomic E-state index is 12.9. The van der Waals surface area contributed by atoms with Gasteiger partial charge < -0.3 is 15.0 Å². The number of piperazine rings is 1. The van der Waals surface area contributed by atoms with Crippen LogP contribution in [0.2, 0.25) is 0 Å². The molecular weight excluding hydrogens is 374 g/mol. The van der Waals surface area contributed by atoms with Crippen molar-refractivity contribution in [2.24, 2.45) is 0 Å². The Hall–Kier alpha value is -3.18. The molecule has 0 saturated carbocycles. The van der Waals surface area contributed by atoms with Crippen LogP contribution in [0.25, 0.3) is 11.1 Å². The number of ether oxygens (including phenoxy) is 1. The number of pyridine rings is 1. The van der Waals surface area contributed by atoms with Gasteiger partial charge in [0.1, 0.15) is 6.61 Å². The molecule has 1 saturated heterocycles. The van der Waals surface area contributed by atoms with E-state index in [4.69, 9.17) is 4.74 Å². The third-order valence-corrected chi connectivity index (χ3v) is 6.21. The first kappa shape index (κ1) is 18.8. The molecule has 30 heavy (non-hydrogen) atoms. The number of hydrogen-bond acceptors (Lipinski definition) is 4. The van der Waals surface area contributed by atoms with E-state index >= 15 is 0 Å². The molecule has 0 radical (unpaired) electrons. The number of carbonyl (C=O) groups excluding carboxylic acids is 1. The molecule has 5 heteroatoms. The molecule has 5 nitrogen and oxygen atoms in total. The molecule has 1 fully saturated rings. The lowest BCUT2D eigenvalue weighted by molar-refractivity contribution is 0.0882. The molecule has 0 bridgehead atoms. The lowest BCUT2D eigenvalue weighted by Gasteiger charge is -2.34. The van der Waals surface area contributed by atoms with Gasteiger partial charge in [0, 0.05) is 37.9 Å². The summed E-state index contributed by atoms with van der Waals surface area (Å²) in [5.41, 5.74) is 7.26. The second kappa shape index (κ2) is 7.92. The van der Waals surface area contributed by atoms with Crippen molar-refractivity contribution >= 4 is 6.09 Å². The van der Waals surface area contributed by atoms with Crippen molar-refractivity contribution in [2.75, 3.05) is 26.2 Å². The second-order valence-electron chi connectivity index (χ2n) is 7.99. The van der Waals surface area contributed by atoms with Gasteiger partial charge >= 0.3 is 6.09 Å². The average Bonchev–Trinajstić information content (AvgIpc) is 3.12. The molecule has 5 rings (SSSR count). The van der Waals surface area contributed by atoms with Crippen LogP contribution >= 0.6 is 0 Å². The summed E-state index contributed by atoms with van der Waals surface area (Å²) in [6, 6.07) is 18.9. The highest BCUT2D eigenvalue weighted by molar-refractivity contribution is 5.79. The maximum absolute atomic E-state index is 12.9. The molecule has 1 aromatic heterocycles. The third kappa shape index (κ3) is 3.35. The minimum Gasteiger partial charge on any atom is -0.448 e. The number of nitrogens with zero attached hydrogens (tertiary/aromatic N) is 2. The molecule has 1 atom stereocenters. The maximum Gasteiger partial charge on any atom is 0.409 e. The molecule has 1 N–H and O–H groups in total. The van der Waals surface area contributed by atoms with Gasteiger partial charge in [-0.3, -0.25) is 4.98 Å². The minimum absolute atomic E-state index is 0.0857. The number of aromatic nitrogens is 1. The van der Waals surface area contributed by atoms with E-state index in [-0.39, 0.29) is 18.1 Å². The molecule has 2 aromatic carbocycles. The highest BCUT2D eigenvalue weighted by Gasteiger charge is 2.31. The summed E-state index contributed by atoms with van der Waals surface area (Å²) in [6.45, 7) is 4.40. The molecule has 1 aliphatic carbocycles. The van der Waals surface area contributed by atoms with E-state index in [0.29, 0.717) is 19.7 Å². The highest BCUT2D eigenvalue weighted by atomic mass is 16.6. The molecule has 2 aliphatic rings. The van der Waals surface area contributed by atoms with Crippen molar-refractivity contribution < 1.29 is 9.53 Å². The SMILES string of the molecule is Cc1cnccc1C1CN(C(=O)OCC2c3ccccc3-c3ccccc32)CCN1. The van der Waals surface area contributed by atoms with Crippen LogP contribution in [0.15, 0.2) is 67.0 Å². The minimum atomic E-state index is -0.241. The van der Waals surface area contributed by atoms with E-state index < -0.39 is 0 Å². The van der Waals surface area contributed by atoms with E-state index in [1.807, 2.05) is 17.2 Å². The normalized spacial score (nSPS) is 18.0. The number of rotatable bonds is 3. The molecule has 1 amide bonds. The van der Waals surface area contributed by atoms with Crippen LogP contribution in [0.5, 0.6) is 0 Å². The molecule has 2 heterocycles. The quantitative estimate of drug-likeness (QED) is 0.714. The lowest BCUT2D eigenvalue weighted by atomic mass is 9.98. The summed E-state index contributed by atoms with van der Waals surface area (Å²) >= 11 is 0. The van der Waals surface area contributed by atoms with E-state index in [2.05, 4.69) is 65.8 Å². The van der Waals surface area contributed by atoms with E-state index in [0.717, 1.165) is 12.1 Å². The standard InChI is InChI=1S/C25H25N3O2/c1-17-14-26-11-10-18(17)24-15-28(13-12-27-24)25(29)30-16-23-21-8-4-2-6-19(21)20-7-3-5-9-22(20)23/h2-11,14,23-24,27H,12-13,15-16H2,1H3. The van der Waals surface area contributed by atoms with Crippen LogP contribution in [-0.2, 0) is 4.74 Å². The van der Waals surface area contributed by atoms with Crippen molar-refractivity contribution in [2.45, 2.75) is 18.9 Å². The van der Waals surface area contributed by atoms with Crippen molar-refractivity contribution in [3.63, 3.8) is 0 Å². The van der Waals surface area contributed by atoms with Crippen LogP contribution in [0, 0.1) is 6.92 Å².